The summed E-state index contributed by atoms with van der Waals surface area (Å²) in [5.41, 5.74) is 7.49. The Morgan fingerprint density at radius 1 is 1.00 bits per heavy atom. The number of halogens is 3. The van der Waals surface area contributed by atoms with Gasteiger partial charge in [0, 0.05) is 34.3 Å². The van der Waals surface area contributed by atoms with Gasteiger partial charge in [-0.15, -0.1) is 0 Å². The molecule has 1 amide bonds. The van der Waals surface area contributed by atoms with Gasteiger partial charge in [0.15, 0.2) is 5.69 Å². The van der Waals surface area contributed by atoms with Gasteiger partial charge in [-0.1, -0.05) is 30.3 Å². The molecule has 204 valence electrons. The van der Waals surface area contributed by atoms with Crippen molar-refractivity contribution in [2.45, 2.75) is 44.0 Å². The second kappa shape index (κ2) is 9.95. The van der Waals surface area contributed by atoms with E-state index in [1.54, 1.807) is 30.5 Å². The molecule has 1 aliphatic carbocycles. The molecule has 5 aromatic rings. The van der Waals surface area contributed by atoms with Gasteiger partial charge in [-0.25, -0.2) is 4.68 Å². The highest BCUT2D eigenvalue weighted by Crippen LogP contribution is 2.41. The van der Waals surface area contributed by atoms with Gasteiger partial charge in [0.05, 0.1) is 28.4 Å². The first-order chi connectivity index (χ1) is 19.2. The third-order valence-corrected chi connectivity index (χ3v) is 7.45. The van der Waals surface area contributed by atoms with E-state index in [9.17, 15) is 23.1 Å². The quantitative estimate of drug-likeness (QED) is 0.248. The normalized spacial score (nSPS) is 17.8. The van der Waals surface area contributed by atoms with Gasteiger partial charge >= 0.3 is 6.18 Å². The number of anilines is 1. The molecule has 1 saturated carbocycles. The minimum Gasteiger partial charge on any atom is -0.393 e. The number of aliphatic hydroxyl groups excluding tert-OH is 1. The molecule has 3 aromatic carbocycles. The number of alkyl halides is 3. The number of carbonyl (C=O) groups is 1. The van der Waals surface area contributed by atoms with Gasteiger partial charge in [-0.2, -0.15) is 18.3 Å². The van der Waals surface area contributed by atoms with E-state index in [4.69, 9.17) is 5.73 Å². The summed E-state index contributed by atoms with van der Waals surface area (Å²) in [5, 5.41) is 18.0. The highest BCUT2D eigenvalue weighted by Gasteiger charge is 2.38. The number of rotatable bonds is 5. The maximum absolute atomic E-state index is 14.4. The fourth-order valence-electron chi connectivity index (χ4n) is 5.46. The van der Waals surface area contributed by atoms with Crippen LogP contribution in [0, 0.1) is 0 Å². The minimum atomic E-state index is -4.72. The molecule has 4 N–H and O–H groups in total. The monoisotopic (exact) mass is 545 g/mol. The topological polar surface area (TPSA) is 106 Å². The Hall–Kier alpha value is -4.44. The molecule has 0 radical (unpaired) electrons. The average molecular weight is 546 g/mol. The predicted octanol–water partition coefficient (Wildman–Crippen LogP) is 6.07. The number of hydrogen-bond acceptors (Lipinski definition) is 5. The maximum Gasteiger partial charge on any atom is 0.435 e. The summed E-state index contributed by atoms with van der Waals surface area (Å²) in [6.07, 6.45) is -0.891. The van der Waals surface area contributed by atoms with E-state index in [0.29, 0.717) is 48.2 Å². The van der Waals surface area contributed by atoms with Crippen LogP contribution in [0.1, 0.15) is 41.7 Å². The number of fused-ring (bicyclic) bond motifs is 2. The maximum atomic E-state index is 14.4. The molecule has 0 bridgehead atoms. The van der Waals surface area contributed by atoms with Crippen molar-refractivity contribution in [3.05, 3.63) is 84.2 Å². The molecule has 0 atom stereocenters. The number of aromatic nitrogens is 3. The number of carbonyl (C=O) groups excluding carboxylic acids is 1. The first kappa shape index (κ1) is 25.8. The third kappa shape index (κ3) is 4.75. The van der Waals surface area contributed by atoms with Gasteiger partial charge < -0.3 is 16.2 Å². The van der Waals surface area contributed by atoms with Gasteiger partial charge in [-0.05, 0) is 67.6 Å². The van der Waals surface area contributed by atoms with E-state index in [1.807, 2.05) is 30.3 Å². The lowest BCUT2D eigenvalue weighted by molar-refractivity contribution is -0.140. The summed E-state index contributed by atoms with van der Waals surface area (Å²) >= 11 is 0. The summed E-state index contributed by atoms with van der Waals surface area (Å²) in [7, 11) is 0. The molecule has 40 heavy (non-hydrogen) atoms. The van der Waals surface area contributed by atoms with Crippen LogP contribution < -0.4 is 11.1 Å². The minimum absolute atomic E-state index is 0.0103. The van der Waals surface area contributed by atoms with Crippen LogP contribution in [0.2, 0.25) is 0 Å². The van der Waals surface area contributed by atoms with E-state index in [2.05, 4.69) is 15.4 Å². The van der Waals surface area contributed by atoms with E-state index >= 15 is 0 Å². The summed E-state index contributed by atoms with van der Waals surface area (Å²) < 4.78 is 44.4. The molecule has 6 rings (SSSR count). The molecule has 0 spiro atoms. The summed E-state index contributed by atoms with van der Waals surface area (Å²) in [6.45, 7) is 0. The van der Waals surface area contributed by atoms with E-state index in [0.717, 1.165) is 10.9 Å². The molecule has 1 aliphatic rings. The largest absolute Gasteiger partial charge is 0.435 e. The van der Waals surface area contributed by atoms with Crippen molar-refractivity contribution in [3.63, 3.8) is 0 Å². The Bertz CT molecular complexity index is 1740. The lowest BCUT2D eigenvalue weighted by Crippen LogP contribution is -2.29. The Kier molecular flexibility index (Phi) is 6.42. The van der Waals surface area contributed by atoms with Crippen molar-refractivity contribution in [2.24, 2.45) is 5.73 Å². The standard InChI is InChI=1S/C30H26F3N5O2/c31-30(32,33)28-27-22(18-14-17-4-1-2-6-24(17)35-16-18)5-3-7-26(27)38(37-28)20-10-13-23(29(34)40)25(15-20)36-19-8-11-21(39)12-9-19/h1-7,10,13-16,19,21,36,39H,8-9,11-12H2,(H2,34,40). The van der Waals surface area contributed by atoms with Gasteiger partial charge in [0.1, 0.15) is 0 Å². The fourth-order valence-corrected chi connectivity index (χ4v) is 5.46. The van der Waals surface area contributed by atoms with Crippen molar-refractivity contribution >= 4 is 33.4 Å². The van der Waals surface area contributed by atoms with Crippen LogP contribution >= 0.6 is 0 Å². The lowest BCUT2D eigenvalue weighted by atomic mass is 9.92. The van der Waals surface area contributed by atoms with Crippen LogP contribution in [-0.2, 0) is 6.18 Å². The fraction of sp³-hybridized carbons (Fsp3) is 0.233. The second-order valence-corrected chi connectivity index (χ2v) is 10.1. The van der Waals surface area contributed by atoms with Crippen molar-refractivity contribution < 1.29 is 23.1 Å². The predicted molar refractivity (Wildman–Crippen MR) is 147 cm³/mol. The Labute approximate surface area is 227 Å². The van der Waals surface area contributed by atoms with E-state index in [1.165, 1.54) is 16.8 Å². The van der Waals surface area contributed by atoms with Crippen LogP contribution in [-0.4, -0.2) is 37.9 Å². The number of amides is 1. The zero-order valence-electron chi connectivity index (χ0n) is 21.3. The van der Waals surface area contributed by atoms with Crippen LogP contribution in [0.3, 0.4) is 0 Å². The molecule has 2 heterocycles. The Balaban J connectivity index is 1.50. The Morgan fingerprint density at radius 3 is 2.52 bits per heavy atom. The smallest absolute Gasteiger partial charge is 0.393 e. The summed E-state index contributed by atoms with van der Waals surface area (Å²) in [6, 6.07) is 18.8. The second-order valence-electron chi connectivity index (χ2n) is 10.1. The van der Waals surface area contributed by atoms with Crippen LogP contribution in [0.15, 0.2) is 72.9 Å². The molecule has 10 heteroatoms. The zero-order valence-corrected chi connectivity index (χ0v) is 21.3. The number of pyridine rings is 1. The van der Waals surface area contributed by atoms with Crippen molar-refractivity contribution in [1.29, 1.82) is 0 Å². The van der Waals surface area contributed by atoms with Crippen molar-refractivity contribution in [1.82, 2.24) is 14.8 Å². The van der Waals surface area contributed by atoms with E-state index in [-0.39, 0.29) is 28.6 Å². The molecule has 0 unspecified atom stereocenters. The SMILES string of the molecule is NC(=O)c1ccc(-n2nc(C(F)(F)F)c3c(-c4cnc5ccccc5c4)cccc32)cc1NC1CCC(O)CC1. The molecular weight excluding hydrogens is 519 g/mol. The van der Waals surface area contributed by atoms with Crippen molar-refractivity contribution in [3.8, 4) is 16.8 Å². The lowest BCUT2D eigenvalue weighted by Gasteiger charge is -2.27. The number of aliphatic hydroxyl groups is 1. The molecular formula is C30H26F3N5O2. The third-order valence-electron chi connectivity index (χ3n) is 7.45. The number of nitrogens with one attached hydrogen (secondary N) is 1. The average Bonchev–Trinajstić information content (AvgIpc) is 3.35. The number of para-hydroxylation sites is 1. The van der Waals surface area contributed by atoms with E-state index < -0.39 is 17.8 Å². The molecule has 2 aromatic heterocycles. The summed E-state index contributed by atoms with van der Waals surface area (Å²) in [4.78, 5) is 16.6. The van der Waals surface area contributed by atoms with Crippen LogP contribution in [0.25, 0.3) is 38.6 Å². The van der Waals surface area contributed by atoms with Gasteiger partial charge in [0.25, 0.3) is 5.91 Å². The Morgan fingerprint density at radius 2 is 1.77 bits per heavy atom. The van der Waals surface area contributed by atoms with Crippen molar-refractivity contribution in [2.75, 3.05) is 5.32 Å². The van der Waals surface area contributed by atoms with Gasteiger partial charge in [0.2, 0.25) is 0 Å². The highest BCUT2D eigenvalue weighted by molar-refractivity contribution is 6.01. The first-order valence-electron chi connectivity index (χ1n) is 13.0. The number of nitrogens with zero attached hydrogens (tertiary/aromatic N) is 3. The molecule has 7 nitrogen and oxygen atoms in total. The molecule has 1 fully saturated rings. The number of primary amides is 1. The van der Waals surface area contributed by atoms with Crippen LogP contribution in [0.5, 0.6) is 0 Å². The molecule has 0 aliphatic heterocycles. The zero-order chi connectivity index (χ0) is 28.0. The molecule has 0 saturated heterocycles. The summed E-state index contributed by atoms with van der Waals surface area (Å²) in [5.74, 6) is -0.655. The number of nitrogens with two attached hydrogens (primary N) is 1. The number of hydrogen-bond donors (Lipinski definition) is 3. The number of benzene rings is 3. The van der Waals surface area contributed by atoms with Crippen LogP contribution in [0.4, 0.5) is 18.9 Å². The first-order valence-corrected chi connectivity index (χ1v) is 13.0. The van der Waals surface area contributed by atoms with Gasteiger partial charge in [-0.3, -0.25) is 9.78 Å². The highest BCUT2D eigenvalue weighted by atomic mass is 19.4.